The number of para-hydroxylation sites is 2. The number of ether oxygens (including phenoxy) is 1. The largest absolute Gasteiger partial charge is 0.457 e. The van der Waals surface area contributed by atoms with Crippen molar-refractivity contribution in [3.05, 3.63) is 130 Å². The molecule has 0 fully saturated rings. The summed E-state index contributed by atoms with van der Waals surface area (Å²) in [6.45, 7) is 0. The molecule has 0 saturated carbocycles. The van der Waals surface area contributed by atoms with Gasteiger partial charge in [-0.15, -0.1) is 0 Å². The fraction of sp³-hybridized carbons (Fsp3) is 0.0345. The van der Waals surface area contributed by atoms with Crippen molar-refractivity contribution >= 4 is 26.7 Å². The minimum atomic E-state index is -1.37. The Bertz CT molecular complexity index is 1470. The molecule has 0 amide bonds. The summed E-state index contributed by atoms with van der Waals surface area (Å²) >= 11 is 3.62. The van der Waals surface area contributed by atoms with Crippen LogP contribution in [0.1, 0.15) is 16.7 Å². The third-order valence-corrected chi connectivity index (χ3v) is 6.70. The molecule has 0 aromatic heterocycles. The maximum absolute atomic E-state index is 12.6. The summed E-state index contributed by atoms with van der Waals surface area (Å²) < 4.78 is 7.26. The van der Waals surface area contributed by atoms with E-state index in [4.69, 9.17) is 4.74 Å². The van der Waals surface area contributed by atoms with E-state index in [0.717, 1.165) is 48.8 Å². The van der Waals surface area contributed by atoms with E-state index in [1.807, 2.05) is 78.9 Å². The Morgan fingerprint density at radius 3 is 2.19 bits per heavy atom. The van der Waals surface area contributed by atoms with Crippen LogP contribution in [0.3, 0.4) is 0 Å². The summed E-state index contributed by atoms with van der Waals surface area (Å²) in [5.41, 5.74) is 3.20. The first-order chi connectivity index (χ1) is 15.7. The molecule has 0 aliphatic heterocycles. The van der Waals surface area contributed by atoms with Crippen LogP contribution in [-0.4, -0.2) is 5.11 Å². The number of hydrogen-bond donors (Lipinski definition) is 1. The maximum Gasteiger partial charge on any atom is 0.145 e. The number of halogens is 1. The van der Waals surface area contributed by atoms with Crippen LogP contribution in [0, 0.1) is 0 Å². The zero-order valence-electron chi connectivity index (χ0n) is 17.1. The molecule has 0 heterocycles. The normalized spacial score (nSPS) is 16.6. The lowest BCUT2D eigenvalue weighted by atomic mass is 9.70. The van der Waals surface area contributed by atoms with E-state index < -0.39 is 5.60 Å². The first kappa shape index (κ1) is 19.3. The molecule has 0 bridgehead atoms. The number of hydrogen-bond acceptors (Lipinski definition) is 2. The van der Waals surface area contributed by atoms with Gasteiger partial charge in [-0.25, -0.2) is 0 Å². The van der Waals surface area contributed by atoms with Gasteiger partial charge < -0.3 is 9.84 Å². The topological polar surface area (TPSA) is 29.5 Å². The summed E-state index contributed by atoms with van der Waals surface area (Å²) in [5.74, 6) is 1.36. The SMILES string of the molecule is OC1(c2ccccc2Oc2ccccc2)c2ccc(Br)cc2-c2cccc3cccc1c23. The van der Waals surface area contributed by atoms with Gasteiger partial charge in [0.1, 0.15) is 17.1 Å². The van der Waals surface area contributed by atoms with Crippen molar-refractivity contribution in [2.45, 2.75) is 5.60 Å². The van der Waals surface area contributed by atoms with Crippen molar-refractivity contribution in [3.63, 3.8) is 0 Å². The molecule has 0 spiro atoms. The van der Waals surface area contributed by atoms with Crippen molar-refractivity contribution in [2.75, 3.05) is 0 Å². The van der Waals surface area contributed by atoms with Gasteiger partial charge in [-0.3, -0.25) is 0 Å². The Morgan fingerprint density at radius 2 is 1.34 bits per heavy atom. The van der Waals surface area contributed by atoms with Gasteiger partial charge in [-0.1, -0.05) is 94.8 Å². The molecule has 1 atom stereocenters. The van der Waals surface area contributed by atoms with Crippen LogP contribution in [0.15, 0.2) is 114 Å². The second kappa shape index (κ2) is 7.33. The fourth-order valence-corrected chi connectivity index (χ4v) is 5.19. The zero-order valence-corrected chi connectivity index (χ0v) is 18.7. The Labute approximate surface area is 194 Å². The van der Waals surface area contributed by atoms with Crippen LogP contribution in [0.2, 0.25) is 0 Å². The van der Waals surface area contributed by atoms with Crippen LogP contribution in [0.25, 0.3) is 21.9 Å². The van der Waals surface area contributed by atoms with Crippen molar-refractivity contribution in [1.82, 2.24) is 0 Å². The molecular formula is C29H19BrO2. The van der Waals surface area contributed by atoms with Gasteiger partial charge in [-0.05, 0) is 52.2 Å². The first-order valence-electron chi connectivity index (χ1n) is 10.5. The van der Waals surface area contributed by atoms with Crippen LogP contribution >= 0.6 is 15.9 Å². The molecule has 1 aliphatic rings. The van der Waals surface area contributed by atoms with E-state index in [9.17, 15) is 5.11 Å². The standard InChI is InChI=1S/C29H19BrO2/c30-20-16-17-24-23(18-20)22-12-6-8-19-9-7-14-26(28(19)22)29(24,31)25-13-4-5-15-27(25)32-21-10-2-1-3-11-21/h1-18,31H. The highest BCUT2D eigenvalue weighted by Crippen LogP contribution is 2.53. The zero-order chi connectivity index (χ0) is 21.7. The van der Waals surface area contributed by atoms with Crippen molar-refractivity contribution < 1.29 is 9.84 Å². The molecule has 5 aromatic carbocycles. The number of rotatable bonds is 3. The number of aliphatic hydroxyl groups is 1. The molecule has 32 heavy (non-hydrogen) atoms. The molecule has 1 aliphatic carbocycles. The van der Waals surface area contributed by atoms with E-state index in [0.29, 0.717) is 5.75 Å². The van der Waals surface area contributed by atoms with E-state index >= 15 is 0 Å². The molecule has 1 N–H and O–H groups in total. The highest BCUT2D eigenvalue weighted by molar-refractivity contribution is 9.10. The van der Waals surface area contributed by atoms with Crippen LogP contribution < -0.4 is 4.74 Å². The Hall–Kier alpha value is -3.40. The molecule has 2 nitrogen and oxygen atoms in total. The predicted octanol–water partition coefficient (Wildman–Crippen LogP) is 7.66. The van der Waals surface area contributed by atoms with Gasteiger partial charge in [0.15, 0.2) is 0 Å². The summed E-state index contributed by atoms with van der Waals surface area (Å²) in [6.07, 6.45) is 0. The Balaban J connectivity index is 1.68. The average molecular weight is 479 g/mol. The molecule has 5 aromatic rings. The van der Waals surface area contributed by atoms with Gasteiger partial charge >= 0.3 is 0 Å². The Morgan fingerprint density at radius 1 is 0.625 bits per heavy atom. The molecule has 3 heteroatoms. The molecule has 154 valence electrons. The summed E-state index contributed by atoms with van der Waals surface area (Å²) in [4.78, 5) is 0. The minimum Gasteiger partial charge on any atom is -0.457 e. The van der Waals surface area contributed by atoms with Gasteiger partial charge in [-0.2, -0.15) is 0 Å². The van der Waals surface area contributed by atoms with Crippen molar-refractivity contribution in [2.24, 2.45) is 0 Å². The molecule has 6 rings (SSSR count). The molecule has 0 radical (unpaired) electrons. The second-order valence-electron chi connectivity index (χ2n) is 8.02. The van der Waals surface area contributed by atoms with E-state index in [-0.39, 0.29) is 0 Å². The third-order valence-electron chi connectivity index (χ3n) is 6.20. The van der Waals surface area contributed by atoms with E-state index in [1.165, 1.54) is 0 Å². The summed E-state index contributed by atoms with van der Waals surface area (Å²) in [7, 11) is 0. The summed E-state index contributed by atoms with van der Waals surface area (Å²) in [5, 5.41) is 14.8. The lowest BCUT2D eigenvalue weighted by Gasteiger charge is -2.37. The van der Waals surface area contributed by atoms with E-state index in [2.05, 4.69) is 46.3 Å². The third kappa shape index (κ3) is 2.82. The first-order valence-corrected chi connectivity index (χ1v) is 11.3. The van der Waals surface area contributed by atoms with Crippen LogP contribution in [0.5, 0.6) is 11.5 Å². The van der Waals surface area contributed by atoms with E-state index in [1.54, 1.807) is 0 Å². The second-order valence-corrected chi connectivity index (χ2v) is 8.94. The maximum atomic E-state index is 12.6. The Kier molecular flexibility index (Phi) is 4.42. The van der Waals surface area contributed by atoms with Crippen LogP contribution in [-0.2, 0) is 5.60 Å². The number of benzene rings is 5. The van der Waals surface area contributed by atoms with Gasteiger partial charge in [0, 0.05) is 21.2 Å². The van der Waals surface area contributed by atoms with Crippen molar-refractivity contribution in [3.8, 4) is 22.6 Å². The number of fused-ring (bicyclic) bond motifs is 2. The minimum absolute atomic E-state index is 0.631. The lowest BCUT2D eigenvalue weighted by molar-refractivity contribution is 0.124. The van der Waals surface area contributed by atoms with Crippen molar-refractivity contribution in [1.29, 1.82) is 0 Å². The van der Waals surface area contributed by atoms with Gasteiger partial charge in [0.25, 0.3) is 0 Å². The van der Waals surface area contributed by atoms with Gasteiger partial charge in [0.05, 0.1) is 0 Å². The molecular weight excluding hydrogens is 460 g/mol. The quantitative estimate of drug-likeness (QED) is 0.288. The predicted molar refractivity (Wildman–Crippen MR) is 132 cm³/mol. The monoisotopic (exact) mass is 478 g/mol. The van der Waals surface area contributed by atoms with Gasteiger partial charge in [0.2, 0.25) is 0 Å². The lowest BCUT2D eigenvalue weighted by Crippen LogP contribution is -2.32. The van der Waals surface area contributed by atoms with Crippen LogP contribution in [0.4, 0.5) is 0 Å². The molecule has 0 saturated heterocycles. The highest BCUT2D eigenvalue weighted by atomic mass is 79.9. The highest BCUT2D eigenvalue weighted by Gasteiger charge is 2.42. The smallest absolute Gasteiger partial charge is 0.145 e. The average Bonchev–Trinajstić information content (AvgIpc) is 2.83. The molecule has 1 unspecified atom stereocenters. The summed E-state index contributed by atoms with van der Waals surface area (Å²) in [6, 6.07) is 35.9. The fourth-order valence-electron chi connectivity index (χ4n) is 4.83.